The van der Waals surface area contributed by atoms with E-state index in [1.165, 1.54) is 11.3 Å². The molecule has 7 heteroatoms. The van der Waals surface area contributed by atoms with Crippen molar-refractivity contribution in [2.75, 3.05) is 5.32 Å². The molecule has 84 valence electrons. The quantitative estimate of drug-likeness (QED) is 0.730. The lowest BCUT2D eigenvalue weighted by Crippen LogP contribution is -2.33. The van der Waals surface area contributed by atoms with Crippen LogP contribution in [0.25, 0.3) is 0 Å². The summed E-state index contributed by atoms with van der Waals surface area (Å²) in [5, 5.41) is 11.0. The molecule has 0 bridgehead atoms. The lowest BCUT2D eigenvalue weighted by molar-refractivity contribution is -0.0518. The van der Waals surface area contributed by atoms with Crippen molar-refractivity contribution in [3.05, 3.63) is 10.6 Å². The molecule has 1 spiro atoms. The minimum absolute atomic E-state index is 0.237. The number of carbonyl (C=O) groups excluding carboxylic acids is 1. The Bertz CT molecular complexity index is 492. The number of amides is 1. The summed E-state index contributed by atoms with van der Waals surface area (Å²) in [6, 6.07) is 0. The van der Waals surface area contributed by atoms with Gasteiger partial charge in [0, 0.05) is 0 Å². The van der Waals surface area contributed by atoms with Crippen molar-refractivity contribution >= 4 is 28.5 Å². The Balaban J connectivity index is 2.00. The van der Waals surface area contributed by atoms with Gasteiger partial charge in [0.2, 0.25) is 0 Å². The smallest absolute Gasteiger partial charge is 0.410 e. The van der Waals surface area contributed by atoms with Crippen molar-refractivity contribution in [2.24, 2.45) is 0 Å². The molecule has 0 atom stereocenters. The number of aromatic nitrogens is 1. The molecular weight excluding hydrogens is 232 g/mol. The fraction of sp³-hybridized carbons (Fsp3) is 0.444. The van der Waals surface area contributed by atoms with E-state index in [1.54, 1.807) is 0 Å². The highest BCUT2D eigenvalue weighted by molar-refractivity contribution is 7.16. The van der Waals surface area contributed by atoms with Crippen molar-refractivity contribution < 1.29 is 19.4 Å². The first-order valence-corrected chi connectivity index (χ1v) is 5.67. The average Bonchev–Trinajstić information content (AvgIpc) is 2.62. The zero-order valence-corrected chi connectivity index (χ0v) is 8.97. The van der Waals surface area contributed by atoms with Crippen LogP contribution in [0.2, 0.25) is 0 Å². The number of fused-ring (bicyclic) bond motifs is 2. The molecule has 2 aliphatic rings. The summed E-state index contributed by atoms with van der Waals surface area (Å²) in [7, 11) is 0. The van der Waals surface area contributed by atoms with Gasteiger partial charge in [-0.15, -0.1) is 0 Å². The summed E-state index contributed by atoms with van der Waals surface area (Å²) in [6.45, 7) is 0. The van der Waals surface area contributed by atoms with Crippen LogP contribution in [-0.2, 0) is 10.3 Å². The predicted octanol–water partition coefficient (Wildman–Crippen LogP) is 1.78. The number of thiazole rings is 1. The number of esters is 1. The fourth-order valence-corrected chi connectivity index (χ4v) is 3.14. The number of rotatable bonds is 1. The van der Waals surface area contributed by atoms with Gasteiger partial charge in [-0.05, 0) is 19.3 Å². The van der Waals surface area contributed by atoms with Gasteiger partial charge in [0.25, 0.3) is 0 Å². The van der Waals surface area contributed by atoms with Gasteiger partial charge in [0.05, 0.1) is 4.88 Å². The fourth-order valence-electron chi connectivity index (χ4n) is 2.01. The Morgan fingerprint density at radius 1 is 1.56 bits per heavy atom. The van der Waals surface area contributed by atoms with Crippen LogP contribution in [0.15, 0.2) is 0 Å². The number of hydrogen-bond acceptors (Lipinski definition) is 5. The second kappa shape index (κ2) is 2.94. The minimum atomic E-state index is -1.18. The lowest BCUT2D eigenvalue weighted by atomic mass is 9.79. The first-order valence-electron chi connectivity index (χ1n) is 4.85. The van der Waals surface area contributed by atoms with E-state index in [0.29, 0.717) is 0 Å². The number of carboxylic acid groups (broad SMARTS) is 1. The van der Waals surface area contributed by atoms with E-state index in [-0.39, 0.29) is 10.8 Å². The Morgan fingerprint density at radius 2 is 2.31 bits per heavy atom. The van der Waals surface area contributed by atoms with Crippen molar-refractivity contribution in [3.63, 3.8) is 0 Å². The highest BCUT2D eigenvalue weighted by Gasteiger charge is 2.52. The van der Waals surface area contributed by atoms with Gasteiger partial charge in [-0.2, -0.15) is 0 Å². The molecule has 0 aromatic carbocycles. The van der Waals surface area contributed by atoms with Crippen LogP contribution >= 0.6 is 11.3 Å². The van der Waals surface area contributed by atoms with Crippen LogP contribution in [0.1, 0.15) is 34.6 Å². The maximum absolute atomic E-state index is 11.5. The topological polar surface area (TPSA) is 88.5 Å². The highest BCUT2D eigenvalue weighted by atomic mass is 32.1. The second-order valence-electron chi connectivity index (χ2n) is 3.86. The van der Waals surface area contributed by atoms with Gasteiger partial charge in [-0.1, -0.05) is 11.3 Å². The van der Waals surface area contributed by atoms with E-state index in [1.807, 2.05) is 0 Å². The number of carbonyl (C=O) groups is 2. The van der Waals surface area contributed by atoms with E-state index >= 15 is 0 Å². The monoisotopic (exact) mass is 240 g/mol. The summed E-state index contributed by atoms with van der Waals surface area (Å²) >= 11 is 1.19. The van der Waals surface area contributed by atoms with E-state index in [4.69, 9.17) is 9.84 Å². The third-order valence-electron chi connectivity index (χ3n) is 2.90. The normalized spacial score (nSPS) is 20.1. The number of nitrogens with zero attached hydrogens (tertiary/aromatic N) is 1. The molecule has 1 aliphatic heterocycles. The summed E-state index contributed by atoms with van der Waals surface area (Å²) in [5.41, 5.74) is -0.226. The molecule has 0 unspecified atom stereocenters. The Kier molecular flexibility index (Phi) is 1.76. The summed E-state index contributed by atoms with van der Waals surface area (Å²) in [5.74, 6) is -0.440. The van der Waals surface area contributed by atoms with Gasteiger partial charge >= 0.3 is 12.1 Å². The molecule has 1 amide bonds. The molecule has 6 nitrogen and oxygen atoms in total. The first-order chi connectivity index (χ1) is 7.61. The van der Waals surface area contributed by atoms with Crippen LogP contribution in [-0.4, -0.2) is 22.2 Å². The number of ether oxygens (including phenoxy) is 1. The van der Waals surface area contributed by atoms with Gasteiger partial charge in [-0.25, -0.2) is 14.6 Å². The molecule has 3 rings (SSSR count). The molecule has 1 saturated carbocycles. The molecule has 1 aromatic rings. The zero-order chi connectivity index (χ0) is 11.3. The molecule has 2 N–H and O–H groups in total. The van der Waals surface area contributed by atoms with Gasteiger partial charge in [0.1, 0.15) is 5.60 Å². The molecule has 1 aromatic heterocycles. The van der Waals surface area contributed by atoms with Crippen LogP contribution in [0.5, 0.6) is 0 Å². The summed E-state index contributed by atoms with van der Waals surface area (Å²) < 4.78 is 5.29. The molecule has 16 heavy (non-hydrogen) atoms. The lowest BCUT2D eigenvalue weighted by Gasteiger charge is -2.35. The van der Waals surface area contributed by atoms with E-state index in [2.05, 4.69) is 10.3 Å². The maximum Gasteiger partial charge on any atom is 0.410 e. The molecule has 1 fully saturated rings. The SMILES string of the molecule is O=C(O)Nc1nc2c(s1)C1(CCC1)OC2=O. The highest BCUT2D eigenvalue weighted by Crippen LogP contribution is 2.53. The van der Waals surface area contributed by atoms with Gasteiger partial charge in [-0.3, -0.25) is 5.32 Å². The predicted molar refractivity (Wildman–Crippen MR) is 54.7 cm³/mol. The maximum atomic E-state index is 11.5. The molecule has 0 saturated heterocycles. The van der Waals surface area contributed by atoms with Gasteiger partial charge < -0.3 is 9.84 Å². The minimum Gasteiger partial charge on any atom is -0.465 e. The first kappa shape index (κ1) is 9.59. The third kappa shape index (κ3) is 1.15. The van der Waals surface area contributed by atoms with Crippen molar-refractivity contribution in [1.82, 2.24) is 4.98 Å². The largest absolute Gasteiger partial charge is 0.465 e. The number of hydrogen-bond donors (Lipinski definition) is 2. The summed E-state index contributed by atoms with van der Waals surface area (Å²) in [6.07, 6.45) is 1.45. The van der Waals surface area contributed by atoms with Crippen molar-refractivity contribution in [1.29, 1.82) is 0 Å². The Labute approximate surface area is 94.3 Å². The third-order valence-corrected chi connectivity index (χ3v) is 4.05. The van der Waals surface area contributed by atoms with Crippen molar-refractivity contribution in [2.45, 2.75) is 24.9 Å². The van der Waals surface area contributed by atoms with Crippen molar-refractivity contribution in [3.8, 4) is 0 Å². The summed E-state index contributed by atoms with van der Waals surface area (Å²) in [4.78, 5) is 26.7. The Hall–Kier alpha value is -1.63. The van der Waals surface area contributed by atoms with E-state index in [9.17, 15) is 9.59 Å². The van der Waals surface area contributed by atoms with E-state index < -0.39 is 17.7 Å². The number of nitrogens with one attached hydrogen (secondary N) is 1. The van der Waals surface area contributed by atoms with E-state index in [0.717, 1.165) is 24.1 Å². The zero-order valence-electron chi connectivity index (χ0n) is 8.15. The average molecular weight is 240 g/mol. The van der Waals surface area contributed by atoms with Crippen LogP contribution in [0.4, 0.5) is 9.93 Å². The standard InChI is InChI=1S/C9H8N2O4S/c12-6-4-5(9(15-6)2-1-3-9)16-7(10-4)11-8(13)14/h1-3H2,(H,10,11)(H,13,14). The molecule has 2 heterocycles. The second-order valence-corrected chi connectivity index (χ2v) is 4.86. The molecular formula is C9H8N2O4S. The molecule has 1 aliphatic carbocycles. The van der Waals surface area contributed by atoms with Crippen LogP contribution in [0, 0.1) is 0 Å². The van der Waals surface area contributed by atoms with Crippen LogP contribution in [0.3, 0.4) is 0 Å². The van der Waals surface area contributed by atoms with Gasteiger partial charge in [0.15, 0.2) is 10.8 Å². The van der Waals surface area contributed by atoms with Crippen LogP contribution < -0.4 is 5.32 Å². The Morgan fingerprint density at radius 3 is 2.88 bits per heavy atom. The molecule has 0 radical (unpaired) electrons. The number of anilines is 1.